The Kier molecular flexibility index (Phi) is 5.50. The molecule has 130 valence electrons. The fourth-order valence-electron chi connectivity index (χ4n) is 2.14. The zero-order valence-corrected chi connectivity index (χ0v) is 13.3. The van der Waals surface area contributed by atoms with Crippen molar-refractivity contribution < 1.29 is 19.3 Å². The third-order valence-corrected chi connectivity index (χ3v) is 3.32. The molecular weight excluding hydrogens is 319 g/mol. The molecular formula is C14H19FN6O3. The number of hydrogen-bond acceptors (Lipinski definition) is 8. The number of hydrogen-bond donors (Lipinski definition) is 3. The van der Waals surface area contributed by atoms with Crippen LogP contribution < -0.4 is 10.6 Å². The zero-order chi connectivity index (χ0) is 17.9. The van der Waals surface area contributed by atoms with Gasteiger partial charge in [-0.15, -0.1) is 6.42 Å². The van der Waals surface area contributed by atoms with Gasteiger partial charge in [0.25, 0.3) is 0 Å². The molecule has 0 spiro atoms. The maximum atomic E-state index is 13.5. The van der Waals surface area contributed by atoms with Gasteiger partial charge in [-0.05, 0) is 0 Å². The molecule has 0 aliphatic heterocycles. The van der Waals surface area contributed by atoms with Gasteiger partial charge in [-0.1, -0.05) is 5.92 Å². The van der Waals surface area contributed by atoms with Crippen molar-refractivity contribution in [2.75, 3.05) is 38.0 Å². The number of alkyl halides is 1. The van der Waals surface area contributed by atoms with E-state index in [1.807, 2.05) is 5.92 Å². The van der Waals surface area contributed by atoms with E-state index in [2.05, 4.69) is 15.0 Å². The molecule has 2 aromatic rings. The summed E-state index contributed by atoms with van der Waals surface area (Å²) >= 11 is 0. The van der Waals surface area contributed by atoms with E-state index < -0.39 is 31.7 Å². The Bertz CT molecular complexity index is 744. The number of anilines is 2. The van der Waals surface area contributed by atoms with Crippen molar-refractivity contribution in [3.05, 3.63) is 6.33 Å². The monoisotopic (exact) mass is 338 g/mol. The van der Waals surface area contributed by atoms with Crippen LogP contribution in [0.1, 0.15) is 6.23 Å². The Hall–Kier alpha value is -2.48. The van der Waals surface area contributed by atoms with E-state index in [0.29, 0.717) is 11.3 Å². The smallest absolute Gasteiger partial charge is 0.224 e. The maximum absolute atomic E-state index is 13.5. The van der Waals surface area contributed by atoms with E-state index in [9.17, 15) is 14.6 Å². The van der Waals surface area contributed by atoms with Gasteiger partial charge in [-0.25, -0.2) is 9.37 Å². The molecule has 0 aromatic carbocycles. The number of nitrogen functional groups attached to an aromatic ring is 1. The Morgan fingerprint density at radius 1 is 1.50 bits per heavy atom. The molecule has 2 rings (SSSR count). The second kappa shape index (κ2) is 7.39. The molecule has 0 saturated carbocycles. The molecule has 3 atom stereocenters. The number of halogens is 1. The van der Waals surface area contributed by atoms with E-state index in [4.69, 9.17) is 16.9 Å². The number of imidazole rings is 1. The summed E-state index contributed by atoms with van der Waals surface area (Å²) in [5, 5.41) is 18.9. The largest absolute Gasteiger partial charge is 0.394 e. The third kappa shape index (κ3) is 3.38. The molecule has 2 aromatic heterocycles. The van der Waals surface area contributed by atoms with Gasteiger partial charge in [0.15, 0.2) is 23.2 Å². The fourth-order valence-corrected chi connectivity index (χ4v) is 2.14. The van der Waals surface area contributed by atoms with Crippen LogP contribution in [-0.4, -0.2) is 69.3 Å². The van der Waals surface area contributed by atoms with Crippen molar-refractivity contribution in [1.82, 2.24) is 19.5 Å². The van der Waals surface area contributed by atoms with E-state index in [0.717, 1.165) is 0 Å². The standard InChI is InChI=1S/C14H19FN6O3/c1-4-8(23)9(6-22)24-10(5-15)21-7-17-11-12(20(2)3)18-14(16)19-13(11)21/h1,7-10,22-23H,5-6H2,2-3H3,(H2,16,18,19)/t8?,9-,10-/m1/s1. The number of rotatable bonds is 7. The highest BCUT2D eigenvalue weighted by Crippen LogP contribution is 2.25. The Labute approximate surface area is 137 Å². The molecule has 24 heavy (non-hydrogen) atoms. The number of ether oxygens (including phenoxy) is 1. The van der Waals surface area contributed by atoms with Crippen molar-refractivity contribution in [3.8, 4) is 12.3 Å². The molecule has 0 fully saturated rings. The van der Waals surface area contributed by atoms with Gasteiger partial charge in [-0.3, -0.25) is 4.57 Å². The first-order valence-electron chi connectivity index (χ1n) is 7.06. The van der Waals surface area contributed by atoms with E-state index >= 15 is 0 Å². The predicted molar refractivity (Wildman–Crippen MR) is 85.9 cm³/mol. The van der Waals surface area contributed by atoms with Crippen LogP contribution in [0.15, 0.2) is 6.33 Å². The zero-order valence-electron chi connectivity index (χ0n) is 13.3. The normalized spacial score (nSPS) is 15.0. The minimum atomic E-state index is -1.38. The van der Waals surface area contributed by atoms with Gasteiger partial charge in [-0.2, -0.15) is 9.97 Å². The Morgan fingerprint density at radius 3 is 2.75 bits per heavy atom. The summed E-state index contributed by atoms with van der Waals surface area (Å²) in [7, 11) is 3.52. The van der Waals surface area contributed by atoms with Crippen LogP contribution in [0.5, 0.6) is 0 Å². The number of aromatic nitrogens is 4. The summed E-state index contributed by atoms with van der Waals surface area (Å²) < 4.78 is 20.2. The highest BCUT2D eigenvalue weighted by molar-refractivity contribution is 5.84. The number of terminal acetylenes is 1. The highest BCUT2D eigenvalue weighted by atomic mass is 19.1. The van der Waals surface area contributed by atoms with Crippen molar-refractivity contribution in [1.29, 1.82) is 0 Å². The SMILES string of the molecule is C#CC(O)[C@@H](CO)O[C@H](CF)n1cnc2c(N(C)C)nc(N)nc21. The van der Waals surface area contributed by atoms with Gasteiger partial charge in [0.1, 0.15) is 18.9 Å². The summed E-state index contributed by atoms with van der Waals surface area (Å²) in [5.74, 6) is 2.49. The van der Waals surface area contributed by atoms with Gasteiger partial charge in [0.2, 0.25) is 5.95 Å². The van der Waals surface area contributed by atoms with Gasteiger partial charge < -0.3 is 25.6 Å². The number of aliphatic hydroxyl groups excluding tert-OH is 2. The molecule has 10 heteroatoms. The van der Waals surface area contributed by atoms with Crippen molar-refractivity contribution >= 4 is 22.9 Å². The summed E-state index contributed by atoms with van der Waals surface area (Å²) in [5.41, 5.74) is 6.37. The van der Waals surface area contributed by atoms with E-state index in [1.54, 1.807) is 19.0 Å². The molecule has 0 radical (unpaired) electrons. The summed E-state index contributed by atoms with van der Waals surface area (Å²) in [4.78, 5) is 14.0. The lowest BCUT2D eigenvalue weighted by Gasteiger charge is -2.24. The Morgan fingerprint density at radius 2 is 2.21 bits per heavy atom. The summed E-state index contributed by atoms with van der Waals surface area (Å²) in [6.07, 6.45) is 2.70. The molecule has 0 bridgehead atoms. The average Bonchev–Trinajstić information content (AvgIpc) is 2.98. The molecule has 0 aliphatic rings. The summed E-state index contributed by atoms with van der Waals surface area (Å²) in [6, 6.07) is 0. The molecule has 0 aliphatic carbocycles. The Balaban J connectivity index is 2.44. The van der Waals surface area contributed by atoms with Crippen LogP contribution in [0.4, 0.5) is 16.2 Å². The van der Waals surface area contributed by atoms with Crippen LogP contribution in [-0.2, 0) is 4.74 Å². The molecule has 1 unspecified atom stereocenters. The first kappa shape index (κ1) is 17.9. The van der Waals surface area contributed by atoms with Crippen LogP contribution >= 0.6 is 0 Å². The third-order valence-electron chi connectivity index (χ3n) is 3.32. The first-order valence-corrected chi connectivity index (χ1v) is 7.06. The predicted octanol–water partition coefficient (Wildman–Crippen LogP) is -0.686. The number of nitrogens with two attached hydrogens (primary N) is 1. The topological polar surface area (TPSA) is 123 Å². The van der Waals surface area contributed by atoms with Crippen molar-refractivity contribution in [2.24, 2.45) is 0 Å². The first-order chi connectivity index (χ1) is 11.4. The highest BCUT2D eigenvalue weighted by Gasteiger charge is 2.25. The van der Waals surface area contributed by atoms with Crippen LogP contribution in [0.25, 0.3) is 11.2 Å². The lowest BCUT2D eigenvalue weighted by Crippen LogP contribution is -2.34. The molecule has 0 amide bonds. The van der Waals surface area contributed by atoms with Crippen molar-refractivity contribution in [3.63, 3.8) is 0 Å². The molecule has 4 N–H and O–H groups in total. The lowest BCUT2D eigenvalue weighted by atomic mass is 10.2. The number of nitrogens with zero attached hydrogens (tertiary/aromatic N) is 5. The number of aliphatic hydroxyl groups is 2. The average molecular weight is 338 g/mol. The van der Waals surface area contributed by atoms with E-state index in [1.165, 1.54) is 10.9 Å². The molecule has 9 nitrogen and oxygen atoms in total. The second-order valence-corrected chi connectivity index (χ2v) is 5.20. The van der Waals surface area contributed by atoms with Gasteiger partial charge >= 0.3 is 0 Å². The quantitative estimate of drug-likeness (QED) is 0.567. The van der Waals surface area contributed by atoms with Crippen LogP contribution in [0, 0.1) is 12.3 Å². The molecule has 2 heterocycles. The number of fused-ring (bicyclic) bond motifs is 1. The van der Waals surface area contributed by atoms with Crippen LogP contribution in [0.3, 0.4) is 0 Å². The maximum Gasteiger partial charge on any atom is 0.224 e. The summed E-state index contributed by atoms with van der Waals surface area (Å²) in [6.45, 7) is -1.53. The minimum absolute atomic E-state index is 0.00655. The van der Waals surface area contributed by atoms with Crippen molar-refractivity contribution in [2.45, 2.75) is 18.4 Å². The lowest BCUT2D eigenvalue weighted by molar-refractivity contribution is -0.115. The second-order valence-electron chi connectivity index (χ2n) is 5.20. The van der Waals surface area contributed by atoms with Gasteiger partial charge in [0.05, 0.1) is 12.9 Å². The minimum Gasteiger partial charge on any atom is -0.394 e. The van der Waals surface area contributed by atoms with E-state index in [-0.39, 0.29) is 11.6 Å². The van der Waals surface area contributed by atoms with Gasteiger partial charge in [0, 0.05) is 14.1 Å². The molecule has 0 saturated heterocycles. The van der Waals surface area contributed by atoms with Crippen LogP contribution in [0.2, 0.25) is 0 Å². The fraction of sp³-hybridized carbons (Fsp3) is 0.500.